The molecule has 0 radical (unpaired) electrons. The predicted octanol–water partition coefficient (Wildman–Crippen LogP) is 2.86. The molecular weight excluding hydrogens is 379 g/mol. The highest BCUT2D eigenvalue weighted by Gasteiger charge is 2.40. The quantitative estimate of drug-likeness (QED) is 0.775. The largest absolute Gasteiger partial charge is 0.381 e. The normalized spacial score (nSPS) is 27.1. The van der Waals surface area contributed by atoms with Crippen molar-refractivity contribution in [3.8, 4) is 0 Å². The predicted molar refractivity (Wildman–Crippen MR) is 106 cm³/mol. The van der Waals surface area contributed by atoms with Crippen LogP contribution in [0.25, 0.3) is 0 Å². The van der Waals surface area contributed by atoms with Crippen LogP contribution < -0.4 is 0 Å². The Morgan fingerprint density at radius 2 is 1.93 bits per heavy atom. The summed E-state index contributed by atoms with van der Waals surface area (Å²) in [6.45, 7) is 3.19. The first-order chi connectivity index (χ1) is 13.6. The number of carbonyl (C=O) groups excluding carboxylic acids is 2. The maximum atomic E-state index is 14.1. The molecule has 5 nitrogen and oxygen atoms in total. The van der Waals surface area contributed by atoms with Crippen LogP contribution in [-0.2, 0) is 14.3 Å². The third-order valence-electron chi connectivity index (χ3n) is 6.04. The molecule has 0 bridgehead atoms. The number of carbonyl (C=O) groups is 2. The first kappa shape index (κ1) is 19.7. The van der Waals surface area contributed by atoms with Crippen molar-refractivity contribution in [2.75, 3.05) is 38.6 Å². The average Bonchev–Trinajstić information content (AvgIpc) is 2.95. The summed E-state index contributed by atoms with van der Waals surface area (Å²) >= 11 is 1.71. The number of likely N-dealkylation sites (tertiary alicyclic amines) is 1. The van der Waals surface area contributed by atoms with Crippen LogP contribution in [0.3, 0.4) is 0 Å². The van der Waals surface area contributed by atoms with Gasteiger partial charge in [-0.25, -0.2) is 4.39 Å². The molecule has 3 heterocycles. The van der Waals surface area contributed by atoms with Crippen molar-refractivity contribution in [3.63, 3.8) is 0 Å². The van der Waals surface area contributed by atoms with Gasteiger partial charge in [0, 0.05) is 61.9 Å². The molecule has 1 aromatic carbocycles. The molecule has 0 spiro atoms. The highest BCUT2D eigenvalue weighted by Crippen LogP contribution is 2.36. The van der Waals surface area contributed by atoms with Gasteiger partial charge < -0.3 is 14.5 Å². The Morgan fingerprint density at radius 1 is 1.14 bits per heavy atom. The van der Waals surface area contributed by atoms with E-state index in [-0.39, 0.29) is 34.8 Å². The second-order valence-electron chi connectivity index (χ2n) is 7.79. The van der Waals surface area contributed by atoms with Crippen LogP contribution in [0.2, 0.25) is 0 Å². The lowest BCUT2D eigenvalue weighted by atomic mass is 10.1. The van der Waals surface area contributed by atoms with Gasteiger partial charge in [0.15, 0.2) is 0 Å². The number of ether oxygens (including phenoxy) is 1. The summed E-state index contributed by atoms with van der Waals surface area (Å²) in [6.07, 6.45) is 2.77. The summed E-state index contributed by atoms with van der Waals surface area (Å²) in [5.74, 6) is 0.546. The number of halogens is 1. The molecule has 0 aliphatic carbocycles. The topological polar surface area (TPSA) is 49.9 Å². The number of amides is 2. The van der Waals surface area contributed by atoms with Crippen LogP contribution >= 0.6 is 11.8 Å². The second-order valence-corrected chi connectivity index (χ2v) is 9.10. The van der Waals surface area contributed by atoms with Crippen LogP contribution in [-0.4, -0.2) is 66.3 Å². The minimum atomic E-state index is -0.245. The van der Waals surface area contributed by atoms with Crippen LogP contribution in [0.1, 0.15) is 36.5 Å². The maximum Gasteiger partial charge on any atom is 0.228 e. The summed E-state index contributed by atoms with van der Waals surface area (Å²) in [6, 6.07) is 7.12. The van der Waals surface area contributed by atoms with E-state index in [0.29, 0.717) is 39.3 Å². The molecule has 3 aliphatic rings. The number of hydrogen-bond acceptors (Lipinski definition) is 4. The Hall–Kier alpha value is -1.60. The van der Waals surface area contributed by atoms with Crippen LogP contribution in [0, 0.1) is 11.7 Å². The molecule has 3 fully saturated rings. The van der Waals surface area contributed by atoms with E-state index in [1.807, 2.05) is 21.9 Å². The number of benzene rings is 1. The van der Waals surface area contributed by atoms with Gasteiger partial charge in [-0.05, 0) is 25.3 Å². The van der Waals surface area contributed by atoms with E-state index >= 15 is 0 Å². The summed E-state index contributed by atoms with van der Waals surface area (Å²) in [5.41, 5.74) is 0.725. The molecule has 1 aromatic rings. The molecular formula is C21H27FN2O3S. The smallest absolute Gasteiger partial charge is 0.228 e. The van der Waals surface area contributed by atoms with Crippen molar-refractivity contribution in [2.45, 2.75) is 37.0 Å². The van der Waals surface area contributed by atoms with E-state index in [0.717, 1.165) is 30.6 Å². The Bertz CT molecular complexity index is 725. The summed E-state index contributed by atoms with van der Waals surface area (Å²) in [5, 5.41) is 0.0722. The summed E-state index contributed by atoms with van der Waals surface area (Å²) in [4.78, 5) is 29.3. The van der Waals surface area contributed by atoms with E-state index in [1.165, 1.54) is 6.07 Å². The van der Waals surface area contributed by atoms with Crippen molar-refractivity contribution >= 4 is 23.6 Å². The summed E-state index contributed by atoms with van der Waals surface area (Å²) < 4.78 is 19.5. The van der Waals surface area contributed by atoms with Gasteiger partial charge in [0.2, 0.25) is 11.8 Å². The van der Waals surface area contributed by atoms with Crippen molar-refractivity contribution in [2.24, 2.45) is 5.92 Å². The molecule has 2 atom stereocenters. The number of hydrogen-bond donors (Lipinski definition) is 0. The van der Waals surface area contributed by atoms with E-state index in [2.05, 4.69) is 0 Å². The number of thioether (sulfide) groups is 1. The number of rotatable bonds is 3. The van der Waals surface area contributed by atoms with Crippen molar-refractivity contribution in [1.82, 2.24) is 9.80 Å². The van der Waals surface area contributed by atoms with Crippen molar-refractivity contribution in [3.05, 3.63) is 35.6 Å². The molecule has 3 saturated heterocycles. The van der Waals surface area contributed by atoms with Crippen LogP contribution in [0.15, 0.2) is 24.3 Å². The van der Waals surface area contributed by atoms with Gasteiger partial charge in [0.25, 0.3) is 0 Å². The molecule has 0 aromatic heterocycles. The lowest BCUT2D eigenvalue weighted by molar-refractivity contribution is -0.135. The zero-order valence-electron chi connectivity index (χ0n) is 16.0. The fourth-order valence-electron chi connectivity index (χ4n) is 4.48. The Kier molecular flexibility index (Phi) is 6.21. The lowest BCUT2D eigenvalue weighted by Gasteiger charge is -2.31. The monoisotopic (exact) mass is 406 g/mol. The highest BCUT2D eigenvalue weighted by atomic mass is 32.2. The van der Waals surface area contributed by atoms with Gasteiger partial charge in [0.05, 0.1) is 5.92 Å². The zero-order chi connectivity index (χ0) is 19.5. The number of nitrogens with zero attached hydrogens (tertiary/aromatic N) is 2. The van der Waals surface area contributed by atoms with Gasteiger partial charge in [-0.2, -0.15) is 11.8 Å². The average molecular weight is 407 g/mol. The Balaban J connectivity index is 1.36. The first-order valence-corrected chi connectivity index (χ1v) is 11.2. The first-order valence-electron chi connectivity index (χ1n) is 10.2. The molecule has 2 amide bonds. The van der Waals surface area contributed by atoms with Gasteiger partial charge in [0.1, 0.15) is 5.82 Å². The molecule has 0 saturated carbocycles. The van der Waals surface area contributed by atoms with Crippen LogP contribution in [0.4, 0.5) is 4.39 Å². The van der Waals surface area contributed by atoms with Crippen LogP contribution in [0.5, 0.6) is 0 Å². The molecule has 2 unspecified atom stereocenters. The lowest BCUT2D eigenvalue weighted by Crippen LogP contribution is -2.42. The fraction of sp³-hybridized carbons (Fsp3) is 0.619. The molecule has 152 valence electrons. The van der Waals surface area contributed by atoms with E-state index in [1.54, 1.807) is 17.8 Å². The molecule has 0 N–H and O–H groups in total. The molecule has 3 aliphatic heterocycles. The minimum absolute atomic E-state index is 0.0722. The van der Waals surface area contributed by atoms with Gasteiger partial charge in [-0.15, -0.1) is 0 Å². The molecule has 4 rings (SSSR count). The third kappa shape index (κ3) is 4.20. The van der Waals surface area contributed by atoms with E-state index in [4.69, 9.17) is 4.74 Å². The molecule has 7 heteroatoms. The van der Waals surface area contributed by atoms with Crippen molar-refractivity contribution in [1.29, 1.82) is 0 Å². The van der Waals surface area contributed by atoms with Gasteiger partial charge in [-0.1, -0.05) is 18.2 Å². The fourth-order valence-corrected chi connectivity index (χ4v) is 5.73. The van der Waals surface area contributed by atoms with Gasteiger partial charge in [-0.3, -0.25) is 9.59 Å². The highest BCUT2D eigenvalue weighted by molar-refractivity contribution is 7.99. The standard InChI is InChI=1S/C21H27FN2O3S/c22-18-4-2-1-3-17(18)19-5-8-23(9-12-28-19)21(26)15-13-20(25)24(14-15)16-6-10-27-11-7-16/h1-4,15-16,19H,5-14H2. The Labute approximate surface area is 169 Å². The zero-order valence-corrected chi connectivity index (χ0v) is 16.8. The van der Waals surface area contributed by atoms with E-state index < -0.39 is 0 Å². The van der Waals surface area contributed by atoms with Gasteiger partial charge >= 0.3 is 0 Å². The Morgan fingerprint density at radius 3 is 2.71 bits per heavy atom. The minimum Gasteiger partial charge on any atom is -0.381 e. The maximum absolute atomic E-state index is 14.1. The SMILES string of the molecule is O=C(C1CC(=O)N(C2CCOCC2)C1)N1CCSC(c2ccccc2F)CC1. The second kappa shape index (κ2) is 8.82. The third-order valence-corrected chi connectivity index (χ3v) is 7.35. The van der Waals surface area contributed by atoms with Crippen molar-refractivity contribution < 1.29 is 18.7 Å². The summed E-state index contributed by atoms with van der Waals surface area (Å²) in [7, 11) is 0. The molecule has 28 heavy (non-hydrogen) atoms. The van der Waals surface area contributed by atoms with E-state index in [9.17, 15) is 14.0 Å².